The maximum atomic E-state index is 13.0. The van der Waals surface area contributed by atoms with Gasteiger partial charge in [0, 0.05) is 25.9 Å². The van der Waals surface area contributed by atoms with Crippen LogP contribution < -0.4 is 10.9 Å². The minimum atomic E-state index is -0.422. The second-order valence-electron chi connectivity index (χ2n) is 6.80. The lowest BCUT2D eigenvalue weighted by atomic mass is 10.1. The number of nitrogens with zero attached hydrogens (tertiary/aromatic N) is 3. The number of fused-ring (bicyclic) bond motifs is 1. The Morgan fingerprint density at radius 3 is 2.80 bits per heavy atom. The number of hydrogen-bond acceptors (Lipinski definition) is 6. The average molecular weight is 407 g/mol. The number of anilines is 1. The first kappa shape index (κ1) is 19.6. The van der Waals surface area contributed by atoms with E-state index in [4.69, 9.17) is 9.15 Å². The van der Waals surface area contributed by atoms with Crippen LogP contribution in [0.15, 0.2) is 52.3 Å². The van der Waals surface area contributed by atoms with Crippen LogP contribution in [0.5, 0.6) is 0 Å². The van der Waals surface area contributed by atoms with Crippen molar-refractivity contribution in [2.45, 2.75) is 19.9 Å². The molecule has 154 valence electrons. The summed E-state index contributed by atoms with van der Waals surface area (Å²) in [7, 11) is 1.60. The van der Waals surface area contributed by atoms with Gasteiger partial charge in [-0.25, -0.2) is 9.97 Å². The number of ether oxygens (including phenoxy) is 1. The molecule has 4 aromatic rings. The van der Waals surface area contributed by atoms with Crippen molar-refractivity contribution in [2.24, 2.45) is 0 Å². The summed E-state index contributed by atoms with van der Waals surface area (Å²) < 4.78 is 12.1. The van der Waals surface area contributed by atoms with Crippen LogP contribution in [0.2, 0.25) is 0 Å². The van der Waals surface area contributed by atoms with Gasteiger partial charge in [0.25, 0.3) is 11.5 Å². The summed E-state index contributed by atoms with van der Waals surface area (Å²) >= 11 is 0. The number of carbonyl (C=O) groups is 1. The normalized spacial score (nSPS) is 11.1. The molecule has 0 saturated carbocycles. The first-order valence-electron chi connectivity index (χ1n) is 9.46. The fraction of sp³-hybridized carbons (Fsp3) is 0.238. The molecule has 3 heterocycles. The van der Waals surface area contributed by atoms with Crippen molar-refractivity contribution in [3.8, 4) is 11.3 Å². The van der Waals surface area contributed by atoms with Crippen molar-refractivity contribution in [3.05, 3.63) is 64.8 Å². The second-order valence-corrected chi connectivity index (χ2v) is 6.80. The number of nitrogens with one attached hydrogen (secondary N) is 2. The Kier molecular flexibility index (Phi) is 5.44. The van der Waals surface area contributed by atoms with Crippen LogP contribution in [0.25, 0.3) is 22.4 Å². The number of imidazole rings is 1. The molecule has 0 aliphatic carbocycles. The van der Waals surface area contributed by atoms with Gasteiger partial charge in [-0.15, -0.1) is 0 Å². The van der Waals surface area contributed by atoms with Crippen LogP contribution in [0.3, 0.4) is 0 Å². The summed E-state index contributed by atoms with van der Waals surface area (Å²) in [6.45, 7) is 2.61. The van der Waals surface area contributed by atoms with Gasteiger partial charge in [-0.1, -0.05) is 12.1 Å². The molecule has 0 fully saturated rings. The number of aryl methyl sites for hydroxylation is 2. The number of amides is 1. The van der Waals surface area contributed by atoms with Crippen LogP contribution >= 0.6 is 0 Å². The molecule has 0 bridgehead atoms. The molecule has 3 aromatic heterocycles. The molecule has 4 rings (SSSR count). The maximum absolute atomic E-state index is 13.0. The summed E-state index contributed by atoms with van der Waals surface area (Å²) in [5, 5.41) is 3.01. The van der Waals surface area contributed by atoms with E-state index in [0.717, 1.165) is 11.3 Å². The number of carbonyl (C=O) groups excluding carboxylic acids is 1. The first-order valence-corrected chi connectivity index (χ1v) is 9.46. The highest BCUT2D eigenvalue weighted by Crippen LogP contribution is 2.23. The van der Waals surface area contributed by atoms with E-state index in [1.54, 1.807) is 38.7 Å². The number of rotatable bonds is 7. The standard InChI is InChI=1S/C21H21N5O4/c1-13-17(18-20(30-13)24-12-26(21(18)28)8-3-9-29-2)19(27)25-15-6-4-14(5-7-15)16-10-22-11-23-16/h4-7,10-12H,3,8-9H2,1-2H3,(H,22,23)(H,25,27). The van der Waals surface area contributed by atoms with Crippen LogP contribution in [0.4, 0.5) is 5.69 Å². The van der Waals surface area contributed by atoms with E-state index in [1.807, 2.05) is 12.1 Å². The Balaban J connectivity index is 1.61. The zero-order valence-corrected chi connectivity index (χ0v) is 16.6. The van der Waals surface area contributed by atoms with E-state index in [-0.39, 0.29) is 22.2 Å². The zero-order valence-electron chi connectivity index (χ0n) is 16.6. The quantitative estimate of drug-likeness (QED) is 0.455. The first-order chi connectivity index (χ1) is 14.6. The molecule has 0 aliphatic heterocycles. The Hall–Kier alpha value is -3.72. The van der Waals surface area contributed by atoms with Crippen molar-refractivity contribution < 1.29 is 13.9 Å². The highest BCUT2D eigenvalue weighted by Gasteiger charge is 2.23. The van der Waals surface area contributed by atoms with E-state index in [2.05, 4.69) is 20.3 Å². The molecule has 0 radical (unpaired) electrons. The number of benzene rings is 1. The maximum Gasteiger partial charge on any atom is 0.265 e. The molecule has 0 aliphatic rings. The summed E-state index contributed by atoms with van der Waals surface area (Å²) in [5.41, 5.74) is 2.46. The largest absolute Gasteiger partial charge is 0.442 e. The minimum Gasteiger partial charge on any atom is -0.442 e. The molecular formula is C21H21N5O4. The zero-order chi connectivity index (χ0) is 21.1. The fourth-order valence-corrected chi connectivity index (χ4v) is 3.29. The molecule has 0 unspecified atom stereocenters. The topological polar surface area (TPSA) is 115 Å². The number of aromatic nitrogens is 4. The van der Waals surface area contributed by atoms with Crippen molar-refractivity contribution >= 4 is 22.7 Å². The summed E-state index contributed by atoms with van der Waals surface area (Å²) in [6.07, 6.45) is 5.41. The van der Waals surface area contributed by atoms with Gasteiger partial charge in [0.05, 0.1) is 23.8 Å². The summed E-state index contributed by atoms with van der Waals surface area (Å²) in [6, 6.07) is 7.31. The minimum absolute atomic E-state index is 0.153. The predicted molar refractivity (Wildman–Crippen MR) is 111 cm³/mol. The van der Waals surface area contributed by atoms with Crippen molar-refractivity contribution in [1.29, 1.82) is 0 Å². The number of furan rings is 1. The predicted octanol–water partition coefficient (Wildman–Crippen LogP) is 2.98. The molecule has 1 aromatic carbocycles. The number of methoxy groups -OCH3 is 1. The van der Waals surface area contributed by atoms with Gasteiger partial charge in [0.15, 0.2) is 0 Å². The Morgan fingerprint density at radius 2 is 2.10 bits per heavy atom. The van der Waals surface area contributed by atoms with E-state index >= 15 is 0 Å². The van der Waals surface area contributed by atoms with Gasteiger partial charge in [-0.05, 0) is 31.0 Å². The van der Waals surface area contributed by atoms with Gasteiger partial charge < -0.3 is 19.5 Å². The third-order valence-electron chi connectivity index (χ3n) is 4.78. The monoisotopic (exact) mass is 407 g/mol. The molecule has 0 spiro atoms. The van der Waals surface area contributed by atoms with Crippen LogP contribution in [-0.2, 0) is 11.3 Å². The van der Waals surface area contributed by atoms with E-state index in [1.165, 1.54) is 10.9 Å². The molecule has 0 saturated heterocycles. The molecule has 30 heavy (non-hydrogen) atoms. The molecule has 9 heteroatoms. The lowest BCUT2D eigenvalue weighted by molar-refractivity contribution is 0.102. The smallest absolute Gasteiger partial charge is 0.265 e. The third-order valence-corrected chi connectivity index (χ3v) is 4.78. The number of aromatic amines is 1. The Morgan fingerprint density at radius 1 is 1.30 bits per heavy atom. The summed E-state index contributed by atoms with van der Waals surface area (Å²) in [5.74, 6) is -0.0788. The Labute approximate surface area is 171 Å². The van der Waals surface area contributed by atoms with Gasteiger partial charge in [0.2, 0.25) is 5.71 Å². The van der Waals surface area contributed by atoms with Crippen molar-refractivity contribution in [2.75, 3.05) is 19.0 Å². The fourth-order valence-electron chi connectivity index (χ4n) is 3.29. The van der Waals surface area contributed by atoms with Gasteiger partial charge in [-0.2, -0.15) is 0 Å². The van der Waals surface area contributed by atoms with Gasteiger partial charge >= 0.3 is 0 Å². The molecule has 2 N–H and O–H groups in total. The Bertz CT molecular complexity index is 1220. The molecule has 0 atom stereocenters. The van der Waals surface area contributed by atoms with Crippen LogP contribution in [-0.4, -0.2) is 39.1 Å². The molecular weight excluding hydrogens is 386 g/mol. The van der Waals surface area contributed by atoms with Crippen molar-refractivity contribution in [1.82, 2.24) is 19.5 Å². The lowest BCUT2D eigenvalue weighted by Gasteiger charge is -2.07. The van der Waals surface area contributed by atoms with E-state index in [9.17, 15) is 9.59 Å². The average Bonchev–Trinajstić information content (AvgIpc) is 3.38. The SMILES string of the molecule is COCCCn1cnc2oc(C)c(C(=O)Nc3ccc(-c4cnc[nH]4)cc3)c2c1=O. The number of H-pyrrole nitrogens is 1. The third kappa shape index (κ3) is 3.74. The van der Waals surface area contributed by atoms with E-state index < -0.39 is 5.91 Å². The lowest BCUT2D eigenvalue weighted by Crippen LogP contribution is -2.23. The van der Waals surface area contributed by atoms with Crippen molar-refractivity contribution in [3.63, 3.8) is 0 Å². The van der Waals surface area contributed by atoms with Crippen LogP contribution in [0.1, 0.15) is 22.5 Å². The summed E-state index contributed by atoms with van der Waals surface area (Å²) in [4.78, 5) is 37.1. The van der Waals surface area contributed by atoms with Gasteiger partial charge in [-0.3, -0.25) is 14.2 Å². The van der Waals surface area contributed by atoms with Gasteiger partial charge in [0.1, 0.15) is 17.5 Å². The highest BCUT2D eigenvalue weighted by molar-refractivity contribution is 6.12. The molecule has 9 nitrogen and oxygen atoms in total. The highest BCUT2D eigenvalue weighted by atomic mass is 16.5. The van der Waals surface area contributed by atoms with Crippen LogP contribution in [0, 0.1) is 6.92 Å². The van der Waals surface area contributed by atoms with E-state index in [0.29, 0.717) is 31.0 Å². The molecule has 1 amide bonds. The second kappa shape index (κ2) is 8.34. The number of hydrogen-bond donors (Lipinski definition) is 2.